The van der Waals surface area contributed by atoms with Crippen molar-refractivity contribution in [2.75, 3.05) is 26.2 Å². The molecule has 2 atom stereocenters. The van der Waals surface area contributed by atoms with Gasteiger partial charge in [0, 0.05) is 31.3 Å². The first kappa shape index (κ1) is 16.7. The Morgan fingerprint density at radius 2 is 2.09 bits per heavy atom. The lowest BCUT2D eigenvalue weighted by Crippen LogP contribution is -2.44. The summed E-state index contributed by atoms with van der Waals surface area (Å²) < 4.78 is 5.56. The number of piperidine rings is 1. The van der Waals surface area contributed by atoms with Crippen LogP contribution in [0.1, 0.15) is 31.2 Å². The molecule has 2 aliphatic heterocycles. The molecule has 126 valence electrons. The largest absolute Gasteiger partial charge is 0.376 e. The summed E-state index contributed by atoms with van der Waals surface area (Å²) in [6.45, 7) is 4.26. The third-order valence-electron chi connectivity index (χ3n) is 4.72. The summed E-state index contributed by atoms with van der Waals surface area (Å²) in [5.74, 6) is 0.277. The number of carbonyl (C=O) groups excluding carboxylic acids is 1. The number of hydrogen-bond donors (Lipinski definition) is 1. The number of benzene rings is 1. The van der Waals surface area contributed by atoms with Crippen molar-refractivity contribution < 1.29 is 9.53 Å². The minimum Gasteiger partial charge on any atom is -0.376 e. The van der Waals surface area contributed by atoms with Crippen molar-refractivity contribution >= 4 is 17.5 Å². The topological polar surface area (TPSA) is 41.6 Å². The van der Waals surface area contributed by atoms with Crippen LogP contribution in [0.15, 0.2) is 24.3 Å². The van der Waals surface area contributed by atoms with Crippen LogP contribution in [0.3, 0.4) is 0 Å². The molecule has 2 saturated heterocycles. The normalized spacial score (nSPS) is 25.4. The van der Waals surface area contributed by atoms with Crippen LogP contribution in [0.25, 0.3) is 0 Å². The smallest absolute Gasteiger partial charge is 0.224 e. The van der Waals surface area contributed by atoms with Crippen LogP contribution < -0.4 is 5.32 Å². The first-order valence-corrected chi connectivity index (χ1v) is 8.94. The number of nitrogens with one attached hydrogen (secondary N) is 1. The molecule has 2 heterocycles. The maximum atomic E-state index is 12.4. The number of rotatable bonds is 5. The molecule has 1 amide bonds. The van der Waals surface area contributed by atoms with Crippen molar-refractivity contribution in [3.8, 4) is 0 Å². The summed E-state index contributed by atoms with van der Waals surface area (Å²) in [4.78, 5) is 14.8. The number of nitrogens with zero attached hydrogens (tertiary/aromatic N) is 1. The fourth-order valence-corrected chi connectivity index (χ4v) is 3.55. The summed E-state index contributed by atoms with van der Waals surface area (Å²) in [6, 6.07) is 7.96. The highest BCUT2D eigenvalue weighted by Crippen LogP contribution is 2.20. The predicted octanol–water partition coefficient (Wildman–Crippen LogP) is 2.85. The molecule has 0 spiro atoms. The molecule has 1 aromatic carbocycles. The molecule has 0 saturated carbocycles. The summed E-state index contributed by atoms with van der Waals surface area (Å²) >= 11 is 5.93. The highest BCUT2D eigenvalue weighted by Gasteiger charge is 2.26. The zero-order valence-electron chi connectivity index (χ0n) is 13.5. The molecule has 0 aromatic heterocycles. The lowest BCUT2D eigenvalue weighted by atomic mass is 9.96. The molecule has 0 radical (unpaired) electrons. The standard InChI is InChI=1S/C18H25ClN2O2/c19-16-7-5-14(6-8-16)12-21-9-1-3-15(13-21)18(22)20-11-17-4-2-10-23-17/h5-8,15,17H,1-4,9-13H2,(H,20,22)/t15-,17-/m0/s1. The van der Waals surface area contributed by atoms with Crippen LogP contribution in [-0.2, 0) is 16.1 Å². The van der Waals surface area contributed by atoms with E-state index in [0.29, 0.717) is 6.54 Å². The Hall–Kier alpha value is -1.10. The number of ether oxygens (including phenoxy) is 1. The molecule has 1 N–H and O–H groups in total. The van der Waals surface area contributed by atoms with Crippen LogP contribution in [0.2, 0.25) is 5.02 Å². The van der Waals surface area contributed by atoms with Crippen molar-refractivity contribution in [3.05, 3.63) is 34.9 Å². The molecule has 0 unspecified atom stereocenters. The van der Waals surface area contributed by atoms with Gasteiger partial charge in [-0.05, 0) is 49.9 Å². The molecule has 23 heavy (non-hydrogen) atoms. The molecule has 2 fully saturated rings. The van der Waals surface area contributed by atoms with Crippen LogP contribution >= 0.6 is 11.6 Å². The molecule has 0 aliphatic carbocycles. The van der Waals surface area contributed by atoms with E-state index >= 15 is 0 Å². The summed E-state index contributed by atoms with van der Waals surface area (Å²) in [7, 11) is 0. The van der Waals surface area contributed by atoms with E-state index < -0.39 is 0 Å². The van der Waals surface area contributed by atoms with Gasteiger partial charge in [0.1, 0.15) is 0 Å². The van der Waals surface area contributed by atoms with Gasteiger partial charge in [-0.1, -0.05) is 23.7 Å². The second-order valence-electron chi connectivity index (χ2n) is 6.58. The quantitative estimate of drug-likeness (QED) is 0.899. The van der Waals surface area contributed by atoms with Gasteiger partial charge in [0.25, 0.3) is 0 Å². The van der Waals surface area contributed by atoms with Gasteiger partial charge < -0.3 is 10.1 Å². The molecule has 5 heteroatoms. The summed E-state index contributed by atoms with van der Waals surface area (Å²) in [5, 5.41) is 3.84. The Morgan fingerprint density at radius 1 is 1.26 bits per heavy atom. The number of hydrogen-bond acceptors (Lipinski definition) is 3. The highest BCUT2D eigenvalue weighted by molar-refractivity contribution is 6.30. The van der Waals surface area contributed by atoms with E-state index in [1.807, 2.05) is 12.1 Å². The Balaban J connectivity index is 1.46. The van der Waals surface area contributed by atoms with E-state index in [1.54, 1.807) is 0 Å². The van der Waals surface area contributed by atoms with Crippen LogP contribution in [0.5, 0.6) is 0 Å². The van der Waals surface area contributed by atoms with Gasteiger partial charge >= 0.3 is 0 Å². The SMILES string of the molecule is O=C(NC[C@@H]1CCCO1)[C@H]1CCCN(Cc2ccc(Cl)cc2)C1. The fourth-order valence-electron chi connectivity index (χ4n) is 3.43. The Labute approximate surface area is 143 Å². The summed E-state index contributed by atoms with van der Waals surface area (Å²) in [5.41, 5.74) is 1.25. The molecular formula is C18H25ClN2O2. The number of amides is 1. The second-order valence-corrected chi connectivity index (χ2v) is 7.02. The van der Waals surface area contributed by atoms with Crippen LogP contribution in [0, 0.1) is 5.92 Å². The average molecular weight is 337 g/mol. The fraction of sp³-hybridized carbons (Fsp3) is 0.611. The van der Waals surface area contributed by atoms with Crippen molar-refractivity contribution in [1.29, 1.82) is 0 Å². The predicted molar refractivity (Wildman–Crippen MR) is 91.4 cm³/mol. The third kappa shape index (κ3) is 4.93. The maximum absolute atomic E-state index is 12.4. The molecule has 1 aromatic rings. The highest BCUT2D eigenvalue weighted by atomic mass is 35.5. The van der Waals surface area contributed by atoms with Crippen molar-refractivity contribution in [2.45, 2.75) is 38.3 Å². The monoisotopic (exact) mass is 336 g/mol. The van der Waals surface area contributed by atoms with Crippen molar-refractivity contribution in [2.24, 2.45) is 5.92 Å². The maximum Gasteiger partial charge on any atom is 0.224 e. The molecule has 3 rings (SSSR count). The van der Waals surface area contributed by atoms with Gasteiger partial charge in [-0.25, -0.2) is 0 Å². The van der Waals surface area contributed by atoms with Gasteiger partial charge in [-0.15, -0.1) is 0 Å². The van der Waals surface area contributed by atoms with E-state index in [1.165, 1.54) is 5.56 Å². The molecule has 0 bridgehead atoms. The van der Waals surface area contributed by atoms with Gasteiger partial charge in [0.05, 0.1) is 12.0 Å². The number of carbonyl (C=O) groups is 1. The first-order valence-electron chi connectivity index (χ1n) is 8.57. The van der Waals surface area contributed by atoms with Crippen LogP contribution in [-0.4, -0.2) is 43.2 Å². The van der Waals surface area contributed by atoms with Crippen molar-refractivity contribution in [1.82, 2.24) is 10.2 Å². The first-order chi connectivity index (χ1) is 11.2. The Kier molecular flexibility index (Phi) is 5.92. The van der Waals surface area contributed by atoms with Crippen molar-refractivity contribution in [3.63, 3.8) is 0 Å². The van der Waals surface area contributed by atoms with E-state index in [4.69, 9.17) is 16.3 Å². The molecule has 2 aliphatic rings. The molecule has 4 nitrogen and oxygen atoms in total. The zero-order valence-corrected chi connectivity index (χ0v) is 14.2. The number of halogens is 1. The average Bonchev–Trinajstić information content (AvgIpc) is 3.08. The number of likely N-dealkylation sites (tertiary alicyclic amines) is 1. The third-order valence-corrected chi connectivity index (χ3v) is 4.98. The van der Waals surface area contributed by atoms with Crippen LogP contribution in [0.4, 0.5) is 0 Å². The summed E-state index contributed by atoms with van der Waals surface area (Å²) in [6.07, 6.45) is 4.44. The zero-order chi connectivity index (χ0) is 16.1. The Bertz CT molecular complexity index is 514. The van der Waals surface area contributed by atoms with Gasteiger partial charge in [-0.2, -0.15) is 0 Å². The van der Waals surface area contributed by atoms with Gasteiger partial charge in [0.2, 0.25) is 5.91 Å². The minimum absolute atomic E-state index is 0.0949. The molecular weight excluding hydrogens is 312 g/mol. The Morgan fingerprint density at radius 3 is 2.83 bits per heavy atom. The van der Waals surface area contributed by atoms with E-state index in [9.17, 15) is 4.79 Å². The van der Waals surface area contributed by atoms with Gasteiger partial charge in [0.15, 0.2) is 0 Å². The van der Waals surface area contributed by atoms with Gasteiger partial charge in [-0.3, -0.25) is 9.69 Å². The van der Waals surface area contributed by atoms with E-state index in [2.05, 4.69) is 22.3 Å². The second kappa shape index (κ2) is 8.13. The lowest BCUT2D eigenvalue weighted by Gasteiger charge is -2.32. The van der Waals surface area contributed by atoms with E-state index in [-0.39, 0.29) is 17.9 Å². The lowest BCUT2D eigenvalue weighted by molar-refractivity contribution is -0.127. The van der Waals surface area contributed by atoms with E-state index in [0.717, 1.165) is 56.9 Å². The minimum atomic E-state index is 0.0949.